The van der Waals surface area contributed by atoms with Crippen molar-refractivity contribution in [2.24, 2.45) is 0 Å². The molecule has 1 amide bonds. The molecular formula is C13H19FN2O4S. The maximum Gasteiger partial charge on any atom is 0.261 e. The van der Waals surface area contributed by atoms with Gasteiger partial charge in [-0.05, 0) is 51.5 Å². The van der Waals surface area contributed by atoms with Crippen LogP contribution in [0.3, 0.4) is 0 Å². The van der Waals surface area contributed by atoms with Gasteiger partial charge in [-0.15, -0.1) is 0 Å². The minimum absolute atomic E-state index is 0.104. The van der Waals surface area contributed by atoms with E-state index in [1.165, 1.54) is 25.4 Å². The van der Waals surface area contributed by atoms with Crippen LogP contribution in [0.25, 0.3) is 0 Å². The molecule has 1 rings (SSSR count). The Hall–Kier alpha value is -1.51. The minimum atomic E-state index is -4.00. The monoisotopic (exact) mass is 318 g/mol. The van der Waals surface area contributed by atoms with E-state index in [0.717, 1.165) is 16.4 Å². The van der Waals surface area contributed by atoms with Crippen LogP contribution in [0.1, 0.15) is 26.3 Å². The lowest BCUT2D eigenvalue weighted by Crippen LogP contribution is -2.50. The van der Waals surface area contributed by atoms with Gasteiger partial charge in [-0.2, -0.15) is 4.31 Å². The number of sulfonamides is 1. The molecule has 21 heavy (non-hydrogen) atoms. The largest absolute Gasteiger partial charge is 0.289 e. The summed E-state index contributed by atoms with van der Waals surface area (Å²) >= 11 is 0. The number of nitrogens with zero attached hydrogens (tertiary/aromatic N) is 1. The average molecular weight is 318 g/mol. The summed E-state index contributed by atoms with van der Waals surface area (Å²) in [5.74, 6) is -1.35. The molecule has 0 aliphatic rings. The van der Waals surface area contributed by atoms with Crippen molar-refractivity contribution >= 4 is 15.9 Å². The number of aryl methyl sites for hydroxylation is 1. The van der Waals surface area contributed by atoms with Crippen LogP contribution in [-0.4, -0.2) is 35.9 Å². The van der Waals surface area contributed by atoms with Crippen LogP contribution in [0.15, 0.2) is 23.1 Å². The predicted molar refractivity (Wildman–Crippen MR) is 74.7 cm³/mol. The van der Waals surface area contributed by atoms with E-state index in [0.29, 0.717) is 0 Å². The second-order valence-electron chi connectivity index (χ2n) is 4.99. The highest BCUT2D eigenvalue weighted by molar-refractivity contribution is 7.89. The Morgan fingerprint density at radius 3 is 2.33 bits per heavy atom. The first-order valence-electron chi connectivity index (χ1n) is 6.36. The van der Waals surface area contributed by atoms with Gasteiger partial charge in [0.1, 0.15) is 11.9 Å². The Morgan fingerprint density at radius 2 is 1.90 bits per heavy atom. The van der Waals surface area contributed by atoms with Crippen LogP contribution >= 0.6 is 0 Å². The predicted octanol–water partition coefficient (Wildman–Crippen LogP) is 1.43. The first kappa shape index (κ1) is 17.5. The molecule has 0 spiro atoms. The van der Waals surface area contributed by atoms with E-state index < -0.39 is 33.8 Å². The van der Waals surface area contributed by atoms with Gasteiger partial charge in [-0.1, -0.05) is 0 Å². The summed E-state index contributed by atoms with van der Waals surface area (Å²) in [6.07, 6.45) is 0. The summed E-state index contributed by atoms with van der Waals surface area (Å²) in [7, 11) is -4.00. The maximum absolute atomic E-state index is 13.3. The van der Waals surface area contributed by atoms with Crippen molar-refractivity contribution in [3.8, 4) is 0 Å². The zero-order valence-electron chi connectivity index (χ0n) is 12.3. The van der Waals surface area contributed by atoms with E-state index in [1.807, 2.05) is 0 Å². The third-order valence-corrected chi connectivity index (χ3v) is 5.23. The molecule has 0 fully saturated rings. The lowest BCUT2D eigenvalue weighted by Gasteiger charge is -2.30. The van der Waals surface area contributed by atoms with Gasteiger partial charge < -0.3 is 0 Å². The molecule has 1 atom stereocenters. The number of carbonyl (C=O) groups excluding carboxylic acids is 1. The maximum atomic E-state index is 13.3. The number of carbonyl (C=O) groups is 1. The first-order chi connectivity index (χ1) is 9.62. The minimum Gasteiger partial charge on any atom is -0.289 e. The Labute approximate surface area is 123 Å². The molecule has 6 nitrogen and oxygen atoms in total. The van der Waals surface area contributed by atoms with Gasteiger partial charge in [0.25, 0.3) is 5.91 Å². The summed E-state index contributed by atoms with van der Waals surface area (Å²) in [4.78, 5) is 11.4. The van der Waals surface area contributed by atoms with Crippen LogP contribution < -0.4 is 5.48 Å². The lowest BCUT2D eigenvalue weighted by molar-refractivity contribution is -0.133. The molecule has 1 aromatic rings. The second kappa shape index (κ2) is 6.50. The van der Waals surface area contributed by atoms with Crippen molar-refractivity contribution in [1.29, 1.82) is 0 Å². The topological polar surface area (TPSA) is 86.7 Å². The number of nitrogens with one attached hydrogen (secondary N) is 1. The van der Waals surface area contributed by atoms with Gasteiger partial charge in [0.05, 0.1) is 4.90 Å². The third kappa shape index (κ3) is 3.58. The molecule has 0 aromatic heterocycles. The highest BCUT2D eigenvalue weighted by Gasteiger charge is 2.35. The van der Waals surface area contributed by atoms with Gasteiger partial charge in [0.15, 0.2) is 0 Å². The number of amides is 1. The van der Waals surface area contributed by atoms with Gasteiger partial charge in [0, 0.05) is 6.04 Å². The Bertz CT molecular complexity index is 631. The number of benzene rings is 1. The van der Waals surface area contributed by atoms with Crippen molar-refractivity contribution < 1.29 is 22.8 Å². The molecule has 0 saturated carbocycles. The number of hydrogen-bond acceptors (Lipinski definition) is 4. The molecule has 0 aliphatic carbocycles. The van der Waals surface area contributed by atoms with Gasteiger partial charge in [-0.3, -0.25) is 10.0 Å². The van der Waals surface area contributed by atoms with Crippen molar-refractivity contribution in [3.63, 3.8) is 0 Å². The highest BCUT2D eigenvalue weighted by atomic mass is 32.2. The molecule has 118 valence electrons. The van der Waals surface area contributed by atoms with E-state index in [1.54, 1.807) is 13.8 Å². The summed E-state index contributed by atoms with van der Waals surface area (Å²) in [6.45, 7) is 6.03. The van der Waals surface area contributed by atoms with Crippen molar-refractivity contribution in [2.45, 2.75) is 44.7 Å². The standard InChI is InChI=1S/C13H19FN2O4S/c1-8(2)16(10(4)13(17)15-18)21(19,20)11-5-6-12(14)9(3)7-11/h5-8,10,18H,1-4H3,(H,15,17)/t10-/m1/s1. The SMILES string of the molecule is Cc1cc(S(=O)(=O)N(C(C)C)[C@H](C)C(=O)NO)ccc1F. The van der Waals surface area contributed by atoms with Crippen LogP contribution in [-0.2, 0) is 14.8 Å². The van der Waals surface area contributed by atoms with Crippen LogP contribution in [0.4, 0.5) is 4.39 Å². The fourth-order valence-electron chi connectivity index (χ4n) is 2.04. The quantitative estimate of drug-likeness (QED) is 0.635. The molecule has 0 aliphatic heterocycles. The number of hydrogen-bond donors (Lipinski definition) is 2. The van der Waals surface area contributed by atoms with E-state index >= 15 is 0 Å². The van der Waals surface area contributed by atoms with Crippen LogP contribution in [0, 0.1) is 12.7 Å². The van der Waals surface area contributed by atoms with Crippen LogP contribution in [0.5, 0.6) is 0 Å². The molecule has 8 heteroatoms. The summed E-state index contributed by atoms with van der Waals surface area (Å²) in [5.41, 5.74) is 1.63. The van der Waals surface area contributed by atoms with Gasteiger partial charge >= 0.3 is 0 Å². The normalized spacial score (nSPS) is 13.5. The van der Waals surface area contributed by atoms with Crippen molar-refractivity contribution in [3.05, 3.63) is 29.6 Å². The van der Waals surface area contributed by atoms with E-state index in [9.17, 15) is 17.6 Å². The summed E-state index contributed by atoms with van der Waals surface area (Å²) < 4.78 is 39.5. The number of rotatable bonds is 5. The Morgan fingerprint density at radius 1 is 1.33 bits per heavy atom. The third-order valence-electron chi connectivity index (χ3n) is 3.09. The molecule has 0 saturated heterocycles. The second-order valence-corrected chi connectivity index (χ2v) is 6.83. The zero-order chi connectivity index (χ0) is 16.4. The molecule has 0 unspecified atom stereocenters. The van der Waals surface area contributed by atoms with Crippen LogP contribution in [0.2, 0.25) is 0 Å². The zero-order valence-corrected chi connectivity index (χ0v) is 13.1. The highest BCUT2D eigenvalue weighted by Crippen LogP contribution is 2.23. The molecule has 0 radical (unpaired) electrons. The van der Waals surface area contributed by atoms with E-state index in [4.69, 9.17) is 5.21 Å². The van der Waals surface area contributed by atoms with Gasteiger partial charge in [0.2, 0.25) is 10.0 Å². The van der Waals surface area contributed by atoms with Crippen molar-refractivity contribution in [1.82, 2.24) is 9.79 Å². The molecule has 1 aromatic carbocycles. The smallest absolute Gasteiger partial charge is 0.261 e. The average Bonchev–Trinajstić information content (AvgIpc) is 2.39. The first-order valence-corrected chi connectivity index (χ1v) is 7.80. The van der Waals surface area contributed by atoms with E-state index in [2.05, 4.69) is 0 Å². The fourth-order valence-corrected chi connectivity index (χ4v) is 3.92. The summed E-state index contributed by atoms with van der Waals surface area (Å²) in [6, 6.07) is 1.80. The Balaban J connectivity index is 3.34. The summed E-state index contributed by atoms with van der Waals surface area (Å²) in [5, 5.41) is 8.68. The molecule has 2 N–H and O–H groups in total. The Kier molecular flexibility index (Phi) is 5.43. The molecule has 0 bridgehead atoms. The number of hydroxylamine groups is 1. The fraction of sp³-hybridized carbons (Fsp3) is 0.462. The van der Waals surface area contributed by atoms with E-state index in [-0.39, 0.29) is 10.5 Å². The van der Waals surface area contributed by atoms with Crippen molar-refractivity contribution in [2.75, 3.05) is 0 Å². The van der Waals surface area contributed by atoms with Gasteiger partial charge in [-0.25, -0.2) is 18.3 Å². The lowest BCUT2D eigenvalue weighted by atomic mass is 10.2. The molecule has 0 heterocycles. The molecular weight excluding hydrogens is 299 g/mol. The number of halogens is 1.